The van der Waals surface area contributed by atoms with E-state index in [2.05, 4.69) is 26.2 Å². The predicted molar refractivity (Wildman–Crippen MR) is 81.1 cm³/mol. The smallest absolute Gasteiger partial charge is 0.252 e. The molecule has 0 bridgehead atoms. The van der Waals surface area contributed by atoms with Crippen LogP contribution in [0.3, 0.4) is 0 Å². The van der Waals surface area contributed by atoms with Crippen molar-refractivity contribution in [3.8, 4) is 5.75 Å². The minimum Gasteiger partial charge on any atom is -0.495 e. The maximum atomic E-state index is 11.4. The number of halogens is 1. The first-order valence-electron chi connectivity index (χ1n) is 5.67. The summed E-state index contributed by atoms with van der Waals surface area (Å²) >= 11 is 3.36. The van der Waals surface area contributed by atoms with Gasteiger partial charge in [0.1, 0.15) is 11.6 Å². The van der Waals surface area contributed by atoms with Gasteiger partial charge < -0.3 is 21.5 Å². The molecular formula is C13H13BrN4O2. The van der Waals surface area contributed by atoms with Crippen molar-refractivity contribution < 1.29 is 9.53 Å². The average molecular weight is 337 g/mol. The van der Waals surface area contributed by atoms with Crippen molar-refractivity contribution in [3.05, 3.63) is 40.5 Å². The van der Waals surface area contributed by atoms with Gasteiger partial charge in [0.15, 0.2) is 0 Å². The normalized spacial score (nSPS) is 10.1. The molecule has 0 atom stereocenters. The fourth-order valence-electron chi connectivity index (χ4n) is 1.64. The van der Waals surface area contributed by atoms with E-state index in [-0.39, 0.29) is 5.56 Å². The summed E-state index contributed by atoms with van der Waals surface area (Å²) < 4.78 is 6.03. The summed E-state index contributed by atoms with van der Waals surface area (Å²) in [7, 11) is 1.57. The van der Waals surface area contributed by atoms with Crippen LogP contribution in [0.4, 0.5) is 17.2 Å². The second-order valence-electron chi connectivity index (χ2n) is 4.00. The predicted octanol–water partition coefficient (Wildman–Crippen LogP) is 2.28. The van der Waals surface area contributed by atoms with Gasteiger partial charge in [0, 0.05) is 11.8 Å². The summed E-state index contributed by atoms with van der Waals surface area (Å²) in [6.45, 7) is 0. The van der Waals surface area contributed by atoms with E-state index >= 15 is 0 Å². The van der Waals surface area contributed by atoms with Crippen LogP contribution in [0.1, 0.15) is 10.4 Å². The van der Waals surface area contributed by atoms with Crippen LogP contribution in [-0.4, -0.2) is 18.0 Å². The van der Waals surface area contributed by atoms with Gasteiger partial charge in [-0.3, -0.25) is 4.79 Å². The molecule has 104 valence electrons. The quantitative estimate of drug-likeness (QED) is 0.794. The van der Waals surface area contributed by atoms with E-state index in [1.807, 2.05) is 12.1 Å². The van der Waals surface area contributed by atoms with Crippen LogP contribution in [0, 0.1) is 0 Å². The van der Waals surface area contributed by atoms with Crippen molar-refractivity contribution in [1.29, 1.82) is 0 Å². The third-order valence-corrected chi connectivity index (χ3v) is 3.24. The zero-order chi connectivity index (χ0) is 14.7. The molecule has 0 aliphatic heterocycles. The minimum atomic E-state index is -0.601. The molecular weight excluding hydrogens is 324 g/mol. The van der Waals surface area contributed by atoms with Crippen molar-refractivity contribution in [1.82, 2.24) is 4.98 Å². The number of ether oxygens (including phenoxy) is 1. The Morgan fingerprint density at radius 1 is 1.40 bits per heavy atom. The number of amides is 1. The fraction of sp³-hybridized carbons (Fsp3) is 0.0769. The van der Waals surface area contributed by atoms with Crippen molar-refractivity contribution in [3.63, 3.8) is 0 Å². The van der Waals surface area contributed by atoms with Crippen LogP contribution in [0.25, 0.3) is 0 Å². The maximum absolute atomic E-state index is 11.4. The number of carbonyl (C=O) groups excluding carboxylic acids is 1. The summed E-state index contributed by atoms with van der Waals surface area (Å²) in [5.74, 6) is 0.401. The minimum absolute atomic E-state index is 0.229. The summed E-state index contributed by atoms with van der Waals surface area (Å²) in [6, 6.07) is 6.89. The van der Waals surface area contributed by atoms with E-state index < -0.39 is 5.91 Å². The summed E-state index contributed by atoms with van der Waals surface area (Å²) in [6.07, 6.45) is 1.45. The Bertz CT molecular complexity index is 661. The van der Waals surface area contributed by atoms with Crippen LogP contribution in [-0.2, 0) is 0 Å². The molecule has 0 saturated heterocycles. The number of primary amides is 1. The molecule has 0 fully saturated rings. The summed E-state index contributed by atoms with van der Waals surface area (Å²) in [5.41, 5.74) is 12.2. The van der Waals surface area contributed by atoms with Crippen molar-refractivity contribution in [2.45, 2.75) is 0 Å². The molecule has 0 radical (unpaired) electrons. The second-order valence-corrected chi connectivity index (χ2v) is 4.86. The number of nitrogens with zero attached hydrogens (tertiary/aromatic N) is 1. The zero-order valence-electron chi connectivity index (χ0n) is 10.7. The molecule has 6 nitrogen and oxygen atoms in total. The monoisotopic (exact) mass is 336 g/mol. The van der Waals surface area contributed by atoms with Gasteiger partial charge in [-0.2, -0.15) is 0 Å². The number of benzene rings is 1. The zero-order valence-corrected chi connectivity index (χ0v) is 12.3. The maximum Gasteiger partial charge on any atom is 0.252 e. The lowest BCUT2D eigenvalue weighted by Crippen LogP contribution is -2.14. The first-order valence-corrected chi connectivity index (χ1v) is 6.46. The number of hydrogen-bond acceptors (Lipinski definition) is 5. The van der Waals surface area contributed by atoms with E-state index in [1.54, 1.807) is 13.2 Å². The Kier molecular flexibility index (Phi) is 4.09. The number of pyridine rings is 1. The molecule has 1 aromatic heterocycles. The third kappa shape index (κ3) is 3.00. The Balaban J connectivity index is 2.37. The number of methoxy groups -OCH3 is 1. The Morgan fingerprint density at radius 3 is 2.80 bits per heavy atom. The summed E-state index contributed by atoms with van der Waals surface area (Å²) in [4.78, 5) is 15.5. The number of nitrogens with one attached hydrogen (secondary N) is 1. The number of nitrogens with two attached hydrogens (primary N) is 2. The van der Waals surface area contributed by atoms with Crippen LogP contribution in [0.2, 0.25) is 0 Å². The molecule has 0 spiro atoms. The molecule has 0 unspecified atom stereocenters. The largest absolute Gasteiger partial charge is 0.495 e. The molecule has 20 heavy (non-hydrogen) atoms. The highest BCUT2D eigenvalue weighted by molar-refractivity contribution is 9.10. The van der Waals surface area contributed by atoms with Gasteiger partial charge in [0.2, 0.25) is 0 Å². The summed E-state index contributed by atoms with van der Waals surface area (Å²) in [5, 5.41) is 3.01. The van der Waals surface area contributed by atoms with Crippen LogP contribution in [0.5, 0.6) is 5.75 Å². The van der Waals surface area contributed by atoms with Gasteiger partial charge in [0.05, 0.1) is 29.0 Å². The van der Waals surface area contributed by atoms with Crippen LogP contribution < -0.4 is 21.5 Å². The molecule has 7 heteroatoms. The fourth-order valence-corrected chi connectivity index (χ4v) is 2.05. The number of rotatable bonds is 4. The molecule has 1 aromatic carbocycles. The first kappa shape index (κ1) is 14.1. The van der Waals surface area contributed by atoms with E-state index in [1.165, 1.54) is 12.3 Å². The topological polar surface area (TPSA) is 103 Å². The van der Waals surface area contributed by atoms with E-state index in [0.29, 0.717) is 22.9 Å². The molecule has 5 N–H and O–H groups in total. The number of anilines is 3. The number of aromatic nitrogens is 1. The number of nitrogen functional groups attached to an aromatic ring is 1. The van der Waals surface area contributed by atoms with Crippen LogP contribution >= 0.6 is 15.9 Å². The standard InChI is InChI=1S/C13H13BrN4O2/c1-20-11-5-8(2-3-10(11)14)18-13-9(12(16)19)4-7(15)6-17-13/h2-6H,15H2,1H3,(H2,16,19)(H,17,18). The van der Waals surface area contributed by atoms with Gasteiger partial charge in [-0.05, 0) is 34.1 Å². The molecule has 0 aliphatic carbocycles. The molecule has 2 rings (SSSR count). The van der Waals surface area contributed by atoms with Crippen LogP contribution in [0.15, 0.2) is 34.9 Å². The first-order chi connectivity index (χ1) is 9.51. The molecule has 1 amide bonds. The van der Waals surface area contributed by atoms with E-state index in [0.717, 1.165) is 4.47 Å². The number of hydrogen-bond donors (Lipinski definition) is 3. The van der Waals surface area contributed by atoms with Gasteiger partial charge >= 0.3 is 0 Å². The van der Waals surface area contributed by atoms with Gasteiger partial charge in [0.25, 0.3) is 5.91 Å². The Labute approximate surface area is 124 Å². The second kappa shape index (κ2) is 5.79. The van der Waals surface area contributed by atoms with Crippen molar-refractivity contribution in [2.75, 3.05) is 18.2 Å². The lowest BCUT2D eigenvalue weighted by atomic mass is 10.2. The van der Waals surface area contributed by atoms with E-state index in [4.69, 9.17) is 16.2 Å². The Morgan fingerprint density at radius 2 is 2.15 bits per heavy atom. The molecule has 1 heterocycles. The number of carbonyl (C=O) groups is 1. The molecule has 2 aromatic rings. The van der Waals surface area contributed by atoms with Crippen molar-refractivity contribution in [2.24, 2.45) is 5.73 Å². The lowest BCUT2D eigenvalue weighted by molar-refractivity contribution is 0.100. The molecule has 0 saturated carbocycles. The Hall–Kier alpha value is -2.28. The SMILES string of the molecule is COc1cc(Nc2ncc(N)cc2C(N)=O)ccc1Br. The van der Waals surface area contributed by atoms with E-state index in [9.17, 15) is 4.79 Å². The van der Waals surface area contributed by atoms with Gasteiger partial charge in [-0.15, -0.1) is 0 Å². The highest BCUT2D eigenvalue weighted by atomic mass is 79.9. The average Bonchev–Trinajstić information content (AvgIpc) is 2.42. The highest BCUT2D eigenvalue weighted by Crippen LogP contribution is 2.29. The third-order valence-electron chi connectivity index (χ3n) is 2.59. The van der Waals surface area contributed by atoms with Gasteiger partial charge in [-0.1, -0.05) is 0 Å². The lowest BCUT2D eigenvalue weighted by Gasteiger charge is -2.11. The van der Waals surface area contributed by atoms with Gasteiger partial charge in [-0.25, -0.2) is 4.98 Å². The molecule has 0 aliphatic rings. The van der Waals surface area contributed by atoms with Crippen molar-refractivity contribution >= 4 is 39.0 Å². The highest BCUT2D eigenvalue weighted by Gasteiger charge is 2.11.